The second-order valence-electron chi connectivity index (χ2n) is 10.5. The largest absolute Gasteiger partial charge is 0.497 e. The van der Waals surface area contributed by atoms with Crippen LogP contribution in [0.25, 0.3) is 0 Å². The fourth-order valence-corrected chi connectivity index (χ4v) is 6.26. The molecule has 0 saturated carbocycles. The van der Waals surface area contributed by atoms with Gasteiger partial charge in [-0.1, -0.05) is 82.3 Å². The average molecular weight is 700 g/mol. The van der Waals surface area contributed by atoms with E-state index in [1.807, 2.05) is 71.3 Å². The molecule has 3 heterocycles. The van der Waals surface area contributed by atoms with Crippen LogP contribution in [0.15, 0.2) is 116 Å². The van der Waals surface area contributed by atoms with E-state index in [1.54, 1.807) is 24.3 Å². The molecule has 0 unspecified atom stereocenters. The van der Waals surface area contributed by atoms with Crippen LogP contribution >= 0.6 is 27.7 Å². The summed E-state index contributed by atoms with van der Waals surface area (Å²) in [5.74, 6) is 1.16. The standard InChI is InChI=1S/C34H31BrN6O4S/c1-44-27-15-11-25(12-16-27)29-20-28(24-9-13-26(35)14-10-24)39-41(29)32(42)22-46-34-38-37-31(21-36-33(43)30-8-5-19-45-30)40(34)18-17-23-6-3-2-4-7-23/h2-16,19,29H,17-18,20-22H2,1H3,(H,36,43)/t29-/m1/s1. The highest BCUT2D eigenvalue weighted by Gasteiger charge is 2.33. The lowest BCUT2D eigenvalue weighted by atomic mass is 9.98. The molecule has 234 valence electrons. The lowest BCUT2D eigenvalue weighted by molar-refractivity contribution is -0.130. The van der Waals surface area contributed by atoms with Crippen LogP contribution in [0.5, 0.6) is 5.75 Å². The second kappa shape index (κ2) is 14.6. The summed E-state index contributed by atoms with van der Waals surface area (Å²) in [5, 5.41) is 18.6. The molecule has 1 N–H and O–H groups in total. The minimum absolute atomic E-state index is 0.103. The average Bonchev–Trinajstić information content (AvgIpc) is 3.87. The van der Waals surface area contributed by atoms with Crippen LogP contribution in [-0.4, -0.2) is 50.2 Å². The first-order valence-electron chi connectivity index (χ1n) is 14.7. The van der Waals surface area contributed by atoms with Crippen LogP contribution in [0, 0.1) is 0 Å². The molecule has 1 atom stereocenters. The fraction of sp³-hybridized carbons (Fsp3) is 0.206. The summed E-state index contributed by atoms with van der Waals surface area (Å²) >= 11 is 4.80. The number of furan rings is 1. The van der Waals surface area contributed by atoms with Crippen molar-refractivity contribution in [2.45, 2.75) is 37.1 Å². The maximum absolute atomic E-state index is 13.8. The molecule has 0 aliphatic carbocycles. The lowest BCUT2D eigenvalue weighted by Crippen LogP contribution is -2.28. The number of aromatic nitrogens is 3. The molecule has 3 aromatic carbocycles. The van der Waals surface area contributed by atoms with Crippen molar-refractivity contribution in [2.24, 2.45) is 5.10 Å². The number of aryl methyl sites for hydroxylation is 1. The number of hydrazone groups is 1. The number of methoxy groups -OCH3 is 1. The van der Waals surface area contributed by atoms with E-state index >= 15 is 0 Å². The number of nitrogens with one attached hydrogen (secondary N) is 1. The van der Waals surface area contributed by atoms with Crippen molar-refractivity contribution in [2.75, 3.05) is 12.9 Å². The van der Waals surface area contributed by atoms with Gasteiger partial charge >= 0.3 is 0 Å². The van der Waals surface area contributed by atoms with Gasteiger partial charge in [0.05, 0.1) is 37.4 Å². The molecule has 10 nitrogen and oxygen atoms in total. The van der Waals surface area contributed by atoms with Crippen LogP contribution in [-0.2, 0) is 24.3 Å². The zero-order valence-electron chi connectivity index (χ0n) is 25.0. The maximum Gasteiger partial charge on any atom is 0.287 e. The van der Waals surface area contributed by atoms with Crippen molar-refractivity contribution in [1.82, 2.24) is 25.1 Å². The number of ether oxygens (including phenoxy) is 1. The van der Waals surface area contributed by atoms with Gasteiger partial charge < -0.3 is 19.0 Å². The van der Waals surface area contributed by atoms with Crippen LogP contribution < -0.4 is 10.1 Å². The molecule has 5 aromatic rings. The van der Waals surface area contributed by atoms with Crippen LogP contribution in [0.1, 0.15) is 45.5 Å². The summed E-state index contributed by atoms with van der Waals surface area (Å²) in [6.45, 7) is 0.728. The summed E-state index contributed by atoms with van der Waals surface area (Å²) in [6, 6.07) is 28.8. The molecule has 12 heteroatoms. The van der Waals surface area contributed by atoms with Crippen LogP contribution in [0.3, 0.4) is 0 Å². The van der Waals surface area contributed by atoms with Crippen molar-refractivity contribution in [1.29, 1.82) is 0 Å². The van der Waals surface area contributed by atoms with E-state index in [1.165, 1.54) is 18.0 Å². The number of thioether (sulfide) groups is 1. The lowest BCUT2D eigenvalue weighted by Gasteiger charge is -2.22. The molecule has 46 heavy (non-hydrogen) atoms. The molecule has 0 fully saturated rings. The van der Waals surface area contributed by atoms with Crippen LogP contribution in [0.2, 0.25) is 0 Å². The summed E-state index contributed by atoms with van der Waals surface area (Å²) in [4.78, 5) is 26.4. The molecule has 0 saturated heterocycles. The Morgan fingerprint density at radius 1 is 1.00 bits per heavy atom. The molecule has 0 spiro atoms. The Kier molecular flexibility index (Phi) is 9.94. The highest BCUT2D eigenvalue weighted by Crippen LogP contribution is 2.35. The number of carbonyl (C=O) groups excluding carboxylic acids is 2. The van der Waals surface area contributed by atoms with Crippen molar-refractivity contribution in [3.8, 4) is 5.75 Å². The van der Waals surface area contributed by atoms with Gasteiger partial charge in [-0.2, -0.15) is 5.10 Å². The minimum Gasteiger partial charge on any atom is -0.497 e. The number of carbonyl (C=O) groups is 2. The first-order chi connectivity index (χ1) is 22.5. The maximum atomic E-state index is 13.8. The molecule has 1 aliphatic heterocycles. The smallest absolute Gasteiger partial charge is 0.287 e. The van der Waals surface area contributed by atoms with Gasteiger partial charge in [0.2, 0.25) is 0 Å². The Labute approximate surface area is 279 Å². The molecule has 0 radical (unpaired) electrons. The predicted molar refractivity (Wildman–Crippen MR) is 179 cm³/mol. The summed E-state index contributed by atoms with van der Waals surface area (Å²) in [5.41, 5.74) is 3.93. The van der Waals surface area contributed by atoms with E-state index < -0.39 is 0 Å². The van der Waals surface area contributed by atoms with Crippen molar-refractivity contribution >= 4 is 45.2 Å². The molecule has 2 amide bonds. The summed E-state index contributed by atoms with van der Waals surface area (Å²) in [7, 11) is 1.63. The highest BCUT2D eigenvalue weighted by molar-refractivity contribution is 9.10. The van der Waals surface area contributed by atoms with Crippen molar-refractivity contribution in [3.63, 3.8) is 0 Å². The molecule has 1 aliphatic rings. The normalized spacial score (nSPS) is 14.3. The quantitative estimate of drug-likeness (QED) is 0.152. The number of nitrogens with zero attached hydrogens (tertiary/aromatic N) is 5. The Morgan fingerprint density at radius 3 is 2.50 bits per heavy atom. The van der Waals surface area contributed by atoms with Gasteiger partial charge in [-0.3, -0.25) is 9.59 Å². The van der Waals surface area contributed by atoms with E-state index in [0.29, 0.717) is 23.9 Å². The fourth-order valence-electron chi connectivity index (χ4n) is 5.16. The number of hydrogen-bond acceptors (Lipinski definition) is 8. The molecule has 0 bridgehead atoms. The molecule has 2 aromatic heterocycles. The number of halogens is 1. The minimum atomic E-state index is -0.343. The second-order valence-corrected chi connectivity index (χ2v) is 12.4. The number of rotatable bonds is 12. The Hall–Kier alpha value is -4.68. The number of amides is 2. The van der Waals surface area contributed by atoms with Gasteiger partial charge in [0, 0.05) is 17.4 Å². The third-order valence-electron chi connectivity index (χ3n) is 7.58. The first kappa shape index (κ1) is 31.3. The Balaban J connectivity index is 1.21. The summed E-state index contributed by atoms with van der Waals surface area (Å²) in [6.07, 6.45) is 2.76. The SMILES string of the molecule is COc1ccc([C@H]2CC(c3ccc(Br)cc3)=NN2C(=O)CSc2nnc(CNC(=O)c3ccco3)n2CCc2ccccc2)cc1. The number of hydrogen-bond donors (Lipinski definition) is 1. The molecular formula is C34H31BrN6O4S. The predicted octanol–water partition coefficient (Wildman–Crippen LogP) is 6.28. The zero-order valence-corrected chi connectivity index (χ0v) is 27.4. The van der Waals surface area contributed by atoms with Gasteiger partial charge in [0.25, 0.3) is 11.8 Å². The third-order valence-corrected chi connectivity index (χ3v) is 9.06. The Bertz CT molecular complexity index is 1810. The van der Waals surface area contributed by atoms with Crippen molar-refractivity contribution < 1.29 is 18.7 Å². The Morgan fingerprint density at radius 2 is 1.78 bits per heavy atom. The van der Waals surface area contributed by atoms with Gasteiger partial charge in [0.15, 0.2) is 16.7 Å². The van der Waals surface area contributed by atoms with Crippen LogP contribution in [0.4, 0.5) is 0 Å². The van der Waals surface area contributed by atoms with Gasteiger partial charge in [-0.15, -0.1) is 10.2 Å². The van der Waals surface area contributed by atoms with Gasteiger partial charge in [-0.05, 0) is 59.5 Å². The van der Waals surface area contributed by atoms with E-state index in [0.717, 1.165) is 39.0 Å². The highest BCUT2D eigenvalue weighted by atomic mass is 79.9. The molecular weight excluding hydrogens is 668 g/mol. The van der Waals surface area contributed by atoms with Gasteiger partial charge in [-0.25, -0.2) is 5.01 Å². The van der Waals surface area contributed by atoms with Crippen molar-refractivity contribution in [3.05, 3.63) is 130 Å². The van der Waals surface area contributed by atoms with E-state index in [9.17, 15) is 9.59 Å². The van der Waals surface area contributed by atoms with Gasteiger partial charge in [0.1, 0.15) is 5.75 Å². The number of benzene rings is 3. The van der Waals surface area contributed by atoms with E-state index in [-0.39, 0.29) is 35.9 Å². The topological polar surface area (TPSA) is 115 Å². The zero-order chi connectivity index (χ0) is 31.9. The summed E-state index contributed by atoms with van der Waals surface area (Å²) < 4.78 is 13.5. The van der Waals surface area contributed by atoms with E-state index in [4.69, 9.17) is 14.3 Å². The third kappa shape index (κ3) is 7.40. The monoisotopic (exact) mass is 698 g/mol. The van der Waals surface area contributed by atoms with E-state index in [2.05, 4.69) is 43.6 Å². The molecule has 6 rings (SSSR count). The first-order valence-corrected chi connectivity index (χ1v) is 16.5.